The number of aliphatic hydroxyl groups excluding tert-OH is 1. The van der Waals surface area contributed by atoms with Gasteiger partial charge in [0.25, 0.3) is 0 Å². The Morgan fingerprint density at radius 2 is 1.82 bits per heavy atom. The number of carbonyl (C=O) groups excluding carboxylic acids is 3. The zero-order valence-corrected chi connectivity index (χ0v) is 20.0. The van der Waals surface area contributed by atoms with Gasteiger partial charge in [0.15, 0.2) is 0 Å². The lowest BCUT2D eigenvalue weighted by atomic mass is 9.70. The summed E-state index contributed by atoms with van der Waals surface area (Å²) in [6.07, 6.45) is 5.96. The molecule has 1 aromatic rings. The van der Waals surface area contributed by atoms with Crippen LogP contribution < -0.4 is 5.32 Å². The van der Waals surface area contributed by atoms with E-state index in [2.05, 4.69) is 5.32 Å². The molecule has 0 aromatic heterocycles. The van der Waals surface area contributed by atoms with Crippen LogP contribution >= 0.6 is 0 Å². The van der Waals surface area contributed by atoms with Gasteiger partial charge in [-0.15, -0.1) is 0 Å². The van der Waals surface area contributed by atoms with Crippen molar-refractivity contribution in [1.29, 1.82) is 0 Å². The van der Waals surface area contributed by atoms with Gasteiger partial charge in [-0.3, -0.25) is 14.4 Å². The number of aryl methyl sites for hydroxylation is 2. The molecule has 1 aromatic carbocycles. The van der Waals surface area contributed by atoms with Crippen molar-refractivity contribution in [1.82, 2.24) is 4.90 Å². The molecule has 1 fully saturated rings. The van der Waals surface area contributed by atoms with E-state index < -0.39 is 23.8 Å². The highest BCUT2D eigenvalue weighted by Crippen LogP contribution is 2.44. The third-order valence-electron chi connectivity index (χ3n) is 6.89. The van der Waals surface area contributed by atoms with Crippen LogP contribution in [0.4, 0.5) is 5.69 Å². The Morgan fingerprint density at radius 1 is 1.12 bits per heavy atom. The van der Waals surface area contributed by atoms with Gasteiger partial charge < -0.3 is 20.1 Å². The molecular weight excluding hydrogens is 420 g/mol. The number of esters is 1. The molecule has 0 radical (unpaired) electrons. The number of amides is 2. The van der Waals surface area contributed by atoms with Crippen LogP contribution in [0.2, 0.25) is 0 Å². The van der Waals surface area contributed by atoms with Gasteiger partial charge in [-0.1, -0.05) is 37.3 Å². The Morgan fingerprint density at radius 3 is 2.45 bits per heavy atom. The van der Waals surface area contributed by atoms with Gasteiger partial charge in [0, 0.05) is 24.8 Å². The van der Waals surface area contributed by atoms with Crippen LogP contribution in [0, 0.1) is 37.5 Å². The quantitative estimate of drug-likeness (QED) is 0.338. The van der Waals surface area contributed by atoms with Crippen LogP contribution in [0.3, 0.4) is 0 Å². The number of allylic oxidation sites excluding steroid dienone is 1. The third kappa shape index (κ3) is 5.13. The molecule has 1 saturated heterocycles. The lowest BCUT2D eigenvalue weighted by molar-refractivity contribution is -0.155. The number of benzene rings is 1. The van der Waals surface area contributed by atoms with Gasteiger partial charge in [0.05, 0.1) is 18.4 Å². The standard InChI is InChI=1S/C26H36N2O5/c1-5-33-26(32)20-16(2)12-13-19-21(20)25(31)28(14-7-6-8-15-29)23(19)24(30)27-22-17(3)10-9-11-18(22)4/h9-13,16,19-21,23,29H,5-8,14-15H2,1-4H3,(H,27,30)/t16-,19+,20-,21-,23+/m1/s1. The molecule has 0 unspecified atom stereocenters. The van der Waals surface area contributed by atoms with Crippen LogP contribution in [-0.2, 0) is 19.1 Å². The van der Waals surface area contributed by atoms with E-state index in [4.69, 9.17) is 9.84 Å². The highest BCUT2D eigenvalue weighted by atomic mass is 16.5. The number of hydrogen-bond donors (Lipinski definition) is 2. The summed E-state index contributed by atoms with van der Waals surface area (Å²) in [5, 5.41) is 12.2. The van der Waals surface area contributed by atoms with Crippen molar-refractivity contribution in [2.75, 3.05) is 25.1 Å². The minimum absolute atomic E-state index is 0.0981. The van der Waals surface area contributed by atoms with E-state index in [1.807, 2.05) is 51.1 Å². The van der Waals surface area contributed by atoms with E-state index in [1.165, 1.54) is 0 Å². The number of carbonyl (C=O) groups is 3. The first-order valence-corrected chi connectivity index (χ1v) is 11.9. The molecular formula is C26H36N2O5. The smallest absolute Gasteiger partial charge is 0.310 e. The maximum absolute atomic E-state index is 13.6. The van der Waals surface area contributed by atoms with Crippen LogP contribution in [0.1, 0.15) is 44.2 Å². The first kappa shape index (κ1) is 25.0. The van der Waals surface area contributed by atoms with E-state index in [-0.39, 0.29) is 36.9 Å². The minimum atomic E-state index is -0.698. The van der Waals surface area contributed by atoms with E-state index in [0.29, 0.717) is 19.4 Å². The predicted octanol–water partition coefficient (Wildman–Crippen LogP) is 3.23. The summed E-state index contributed by atoms with van der Waals surface area (Å²) in [5.74, 6) is -2.55. The molecule has 0 saturated carbocycles. The molecule has 2 N–H and O–H groups in total. The number of ether oxygens (including phenoxy) is 1. The Balaban J connectivity index is 1.93. The largest absolute Gasteiger partial charge is 0.466 e. The minimum Gasteiger partial charge on any atom is -0.466 e. The molecule has 1 aliphatic carbocycles. The fourth-order valence-electron chi connectivity index (χ4n) is 5.21. The highest BCUT2D eigenvalue weighted by Gasteiger charge is 2.56. The highest BCUT2D eigenvalue weighted by molar-refractivity contribution is 6.02. The lowest BCUT2D eigenvalue weighted by Gasteiger charge is -2.32. The van der Waals surface area contributed by atoms with E-state index in [0.717, 1.165) is 23.2 Å². The number of fused-ring (bicyclic) bond motifs is 1. The summed E-state index contributed by atoms with van der Waals surface area (Å²) < 4.78 is 5.31. The molecule has 1 aliphatic heterocycles. The number of hydrogen-bond acceptors (Lipinski definition) is 5. The molecule has 3 rings (SSSR count). The topological polar surface area (TPSA) is 95.9 Å². The number of likely N-dealkylation sites (tertiary alicyclic amines) is 1. The summed E-state index contributed by atoms with van der Waals surface area (Å²) in [6, 6.07) is 5.13. The number of rotatable bonds is 9. The second-order valence-electron chi connectivity index (χ2n) is 9.14. The maximum Gasteiger partial charge on any atom is 0.310 e. The van der Waals surface area contributed by atoms with Gasteiger partial charge in [-0.2, -0.15) is 0 Å². The van der Waals surface area contributed by atoms with E-state index in [1.54, 1.807) is 11.8 Å². The van der Waals surface area contributed by atoms with E-state index >= 15 is 0 Å². The number of unbranched alkanes of at least 4 members (excludes halogenated alkanes) is 2. The molecule has 33 heavy (non-hydrogen) atoms. The summed E-state index contributed by atoms with van der Waals surface area (Å²) in [5.41, 5.74) is 2.67. The van der Waals surface area contributed by atoms with Crippen molar-refractivity contribution >= 4 is 23.5 Å². The zero-order valence-electron chi connectivity index (χ0n) is 20.0. The van der Waals surface area contributed by atoms with Gasteiger partial charge in [-0.05, 0) is 57.1 Å². The van der Waals surface area contributed by atoms with Crippen molar-refractivity contribution in [3.8, 4) is 0 Å². The number of nitrogens with zero attached hydrogens (tertiary/aromatic N) is 1. The van der Waals surface area contributed by atoms with Crippen molar-refractivity contribution in [2.24, 2.45) is 23.7 Å². The molecule has 1 heterocycles. The molecule has 7 heteroatoms. The third-order valence-corrected chi connectivity index (χ3v) is 6.89. The summed E-state index contributed by atoms with van der Waals surface area (Å²) in [6.45, 7) is 8.31. The Bertz CT molecular complexity index is 892. The zero-order chi connectivity index (χ0) is 24.1. The molecule has 7 nitrogen and oxygen atoms in total. The number of aliphatic hydroxyl groups is 1. The number of nitrogens with one attached hydrogen (secondary N) is 1. The molecule has 2 aliphatic rings. The molecule has 0 bridgehead atoms. The SMILES string of the molecule is CCOC(=O)[C@H]1[C@@H]2C(=O)N(CCCCCO)[C@H](C(=O)Nc3c(C)cccc3C)[C@H]2C=C[C@H]1C. The average Bonchev–Trinajstić information content (AvgIpc) is 3.05. The van der Waals surface area contributed by atoms with Crippen LogP contribution in [0.15, 0.2) is 30.4 Å². The van der Waals surface area contributed by atoms with Crippen molar-refractivity contribution in [2.45, 2.75) is 53.0 Å². The Hall–Kier alpha value is -2.67. The first-order valence-electron chi connectivity index (χ1n) is 11.9. The molecule has 5 atom stereocenters. The monoisotopic (exact) mass is 456 g/mol. The van der Waals surface area contributed by atoms with Crippen molar-refractivity contribution in [3.05, 3.63) is 41.5 Å². The Kier molecular flexibility index (Phi) is 8.30. The summed E-state index contributed by atoms with van der Waals surface area (Å²) in [4.78, 5) is 41.7. The predicted molar refractivity (Wildman–Crippen MR) is 126 cm³/mol. The summed E-state index contributed by atoms with van der Waals surface area (Å²) >= 11 is 0. The maximum atomic E-state index is 13.6. The van der Waals surface area contributed by atoms with Crippen LogP contribution in [0.5, 0.6) is 0 Å². The van der Waals surface area contributed by atoms with Crippen LogP contribution in [0.25, 0.3) is 0 Å². The fourth-order valence-corrected chi connectivity index (χ4v) is 5.21. The van der Waals surface area contributed by atoms with Gasteiger partial charge in [0.2, 0.25) is 11.8 Å². The molecule has 180 valence electrons. The van der Waals surface area contributed by atoms with Gasteiger partial charge in [-0.25, -0.2) is 0 Å². The van der Waals surface area contributed by atoms with Gasteiger partial charge >= 0.3 is 5.97 Å². The Labute approximate surface area is 196 Å². The molecule has 2 amide bonds. The number of para-hydroxylation sites is 1. The second-order valence-corrected chi connectivity index (χ2v) is 9.14. The normalized spacial score (nSPS) is 26.3. The second kappa shape index (κ2) is 11.0. The van der Waals surface area contributed by atoms with Crippen molar-refractivity contribution in [3.63, 3.8) is 0 Å². The fraction of sp³-hybridized carbons (Fsp3) is 0.577. The van der Waals surface area contributed by atoms with E-state index in [9.17, 15) is 14.4 Å². The first-order chi connectivity index (χ1) is 15.8. The average molecular weight is 457 g/mol. The summed E-state index contributed by atoms with van der Waals surface area (Å²) in [7, 11) is 0. The number of anilines is 1. The van der Waals surface area contributed by atoms with Gasteiger partial charge in [0.1, 0.15) is 6.04 Å². The molecule has 0 spiro atoms. The van der Waals surface area contributed by atoms with Crippen molar-refractivity contribution < 1.29 is 24.2 Å². The lowest BCUT2D eigenvalue weighted by Crippen LogP contribution is -2.44. The van der Waals surface area contributed by atoms with Crippen LogP contribution in [-0.4, -0.2) is 53.6 Å².